The molecule has 6 nitrogen and oxygen atoms in total. The molecule has 1 aliphatic heterocycles. The molecule has 0 aliphatic carbocycles. The molecular weight excluding hydrogens is 421 g/mol. The zero-order valence-electron chi connectivity index (χ0n) is 15.1. The van der Waals surface area contributed by atoms with Crippen molar-refractivity contribution in [3.05, 3.63) is 58.6 Å². The van der Waals surface area contributed by atoms with Crippen LogP contribution in [0.4, 0.5) is 5.69 Å². The first-order chi connectivity index (χ1) is 13.4. The maximum Gasteiger partial charge on any atom is 0.243 e. The Bertz CT molecular complexity index is 931. The number of carbonyl (C=O) groups is 1. The van der Waals surface area contributed by atoms with Crippen molar-refractivity contribution in [2.45, 2.75) is 11.3 Å². The summed E-state index contributed by atoms with van der Waals surface area (Å²) in [5.74, 6) is -0.0583. The fraction of sp³-hybridized carbons (Fsp3) is 0.316. The summed E-state index contributed by atoms with van der Waals surface area (Å²) in [7, 11) is -3.61. The predicted molar refractivity (Wildman–Crippen MR) is 111 cm³/mol. The van der Waals surface area contributed by atoms with Gasteiger partial charge in [0.2, 0.25) is 15.9 Å². The van der Waals surface area contributed by atoms with E-state index >= 15 is 0 Å². The SMILES string of the molecule is O=C(CCN1CCN(S(=O)(=O)c2ccc(Cl)c(Cl)c2)CC1)Nc1ccccc1. The van der Waals surface area contributed by atoms with Crippen LogP contribution in [0, 0.1) is 0 Å². The Labute approximate surface area is 175 Å². The van der Waals surface area contributed by atoms with E-state index < -0.39 is 10.0 Å². The fourth-order valence-corrected chi connectivity index (χ4v) is 4.80. The molecule has 0 radical (unpaired) electrons. The number of para-hydroxylation sites is 1. The summed E-state index contributed by atoms with van der Waals surface area (Å²) in [5, 5.41) is 3.38. The van der Waals surface area contributed by atoms with Gasteiger partial charge in [-0.2, -0.15) is 4.31 Å². The van der Waals surface area contributed by atoms with Gasteiger partial charge in [0.05, 0.1) is 14.9 Å². The summed E-state index contributed by atoms with van der Waals surface area (Å²) < 4.78 is 27.0. The second kappa shape index (κ2) is 9.24. The zero-order valence-corrected chi connectivity index (χ0v) is 17.5. The van der Waals surface area contributed by atoms with E-state index in [4.69, 9.17) is 23.2 Å². The lowest BCUT2D eigenvalue weighted by atomic mass is 10.3. The minimum atomic E-state index is -3.61. The van der Waals surface area contributed by atoms with Gasteiger partial charge in [-0.05, 0) is 30.3 Å². The fourth-order valence-electron chi connectivity index (χ4n) is 2.98. The highest BCUT2D eigenvalue weighted by Crippen LogP contribution is 2.27. The molecule has 1 N–H and O–H groups in total. The van der Waals surface area contributed by atoms with Gasteiger partial charge in [0, 0.05) is 44.8 Å². The van der Waals surface area contributed by atoms with Gasteiger partial charge in [0.15, 0.2) is 0 Å². The Morgan fingerprint density at radius 1 is 0.964 bits per heavy atom. The minimum Gasteiger partial charge on any atom is -0.326 e. The molecule has 1 saturated heterocycles. The first-order valence-electron chi connectivity index (χ1n) is 8.89. The Balaban J connectivity index is 1.50. The average Bonchev–Trinajstić information content (AvgIpc) is 2.69. The number of hydrogen-bond donors (Lipinski definition) is 1. The van der Waals surface area contributed by atoms with Crippen molar-refractivity contribution in [1.29, 1.82) is 0 Å². The number of sulfonamides is 1. The van der Waals surface area contributed by atoms with Crippen LogP contribution in [-0.2, 0) is 14.8 Å². The number of carbonyl (C=O) groups excluding carboxylic acids is 1. The Morgan fingerprint density at radius 2 is 1.64 bits per heavy atom. The van der Waals surface area contributed by atoms with Crippen molar-refractivity contribution in [3.8, 4) is 0 Å². The molecule has 9 heteroatoms. The van der Waals surface area contributed by atoms with Gasteiger partial charge in [0.1, 0.15) is 0 Å². The molecule has 1 aliphatic rings. The quantitative estimate of drug-likeness (QED) is 0.745. The van der Waals surface area contributed by atoms with Gasteiger partial charge < -0.3 is 10.2 Å². The Hall–Kier alpha value is -1.64. The summed E-state index contributed by atoms with van der Waals surface area (Å²) >= 11 is 11.8. The number of nitrogens with one attached hydrogen (secondary N) is 1. The normalized spacial score (nSPS) is 16.1. The topological polar surface area (TPSA) is 69.7 Å². The lowest BCUT2D eigenvalue weighted by Crippen LogP contribution is -2.49. The molecule has 0 unspecified atom stereocenters. The van der Waals surface area contributed by atoms with Crippen LogP contribution in [0.5, 0.6) is 0 Å². The molecule has 1 amide bonds. The smallest absolute Gasteiger partial charge is 0.243 e. The Kier molecular flexibility index (Phi) is 6.95. The molecular formula is C19H21Cl2N3O3S. The summed E-state index contributed by atoms with van der Waals surface area (Å²) in [6, 6.07) is 13.6. The molecule has 0 atom stereocenters. The highest BCUT2D eigenvalue weighted by Gasteiger charge is 2.28. The highest BCUT2D eigenvalue weighted by molar-refractivity contribution is 7.89. The van der Waals surface area contributed by atoms with Crippen LogP contribution in [0.3, 0.4) is 0 Å². The number of halogens is 2. The van der Waals surface area contributed by atoms with E-state index in [1.807, 2.05) is 30.3 Å². The van der Waals surface area contributed by atoms with Gasteiger partial charge in [0.25, 0.3) is 0 Å². The van der Waals surface area contributed by atoms with E-state index in [9.17, 15) is 13.2 Å². The van der Waals surface area contributed by atoms with Crippen molar-refractivity contribution in [1.82, 2.24) is 9.21 Å². The van der Waals surface area contributed by atoms with E-state index in [0.29, 0.717) is 44.2 Å². The second-order valence-corrected chi connectivity index (χ2v) is 9.24. The third-order valence-electron chi connectivity index (χ3n) is 4.57. The van der Waals surface area contributed by atoms with Crippen LogP contribution in [0.1, 0.15) is 6.42 Å². The molecule has 1 fully saturated rings. The number of rotatable bonds is 6. The predicted octanol–water partition coefficient (Wildman–Crippen LogP) is 3.33. The zero-order chi connectivity index (χ0) is 20.1. The van der Waals surface area contributed by atoms with Crippen molar-refractivity contribution in [2.24, 2.45) is 0 Å². The third kappa shape index (κ3) is 5.24. The lowest BCUT2D eigenvalue weighted by molar-refractivity contribution is -0.116. The molecule has 2 aromatic rings. The molecule has 28 heavy (non-hydrogen) atoms. The van der Waals surface area contributed by atoms with Crippen LogP contribution in [0.25, 0.3) is 0 Å². The molecule has 0 spiro atoms. The Morgan fingerprint density at radius 3 is 2.29 bits per heavy atom. The second-order valence-electron chi connectivity index (χ2n) is 6.49. The number of nitrogens with zero attached hydrogens (tertiary/aromatic N) is 2. The van der Waals surface area contributed by atoms with Crippen LogP contribution < -0.4 is 5.32 Å². The van der Waals surface area contributed by atoms with Gasteiger partial charge >= 0.3 is 0 Å². The van der Waals surface area contributed by atoms with Crippen molar-refractivity contribution in [3.63, 3.8) is 0 Å². The first-order valence-corrected chi connectivity index (χ1v) is 11.1. The van der Waals surface area contributed by atoms with Gasteiger partial charge in [-0.1, -0.05) is 41.4 Å². The monoisotopic (exact) mass is 441 g/mol. The van der Waals surface area contributed by atoms with Crippen LogP contribution in [0.15, 0.2) is 53.4 Å². The molecule has 0 aromatic heterocycles. The van der Waals surface area contributed by atoms with Gasteiger partial charge in [-0.15, -0.1) is 0 Å². The van der Waals surface area contributed by atoms with E-state index in [0.717, 1.165) is 5.69 Å². The summed E-state index contributed by atoms with van der Waals surface area (Å²) in [5.41, 5.74) is 0.769. The largest absolute Gasteiger partial charge is 0.326 e. The van der Waals surface area contributed by atoms with E-state index in [1.165, 1.54) is 22.5 Å². The number of anilines is 1. The molecule has 0 saturated carbocycles. The summed E-state index contributed by atoms with van der Waals surface area (Å²) in [6.07, 6.45) is 0.356. The summed E-state index contributed by atoms with van der Waals surface area (Å²) in [6.45, 7) is 2.45. The third-order valence-corrected chi connectivity index (χ3v) is 7.21. The van der Waals surface area contributed by atoms with Crippen molar-refractivity contribution in [2.75, 3.05) is 38.0 Å². The van der Waals surface area contributed by atoms with Crippen LogP contribution >= 0.6 is 23.2 Å². The van der Waals surface area contributed by atoms with E-state index in [-0.39, 0.29) is 15.8 Å². The van der Waals surface area contributed by atoms with Crippen molar-refractivity contribution >= 4 is 44.8 Å². The molecule has 2 aromatic carbocycles. The van der Waals surface area contributed by atoms with Crippen LogP contribution in [0.2, 0.25) is 10.0 Å². The van der Waals surface area contributed by atoms with E-state index in [2.05, 4.69) is 10.2 Å². The maximum absolute atomic E-state index is 12.8. The number of hydrogen-bond acceptors (Lipinski definition) is 4. The maximum atomic E-state index is 12.8. The molecule has 150 valence electrons. The van der Waals surface area contributed by atoms with Gasteiger partial charge in [-0.3, -0.25) is 4.79 Å². The minimum absolute atomic E-state index is 0.0583. The van der Waals surface area contributed by atoms with E-state index in [1.54, 1.807) is 0 Å². The average molecular weight is 442 g/mol. The van der Waals surface area contributed by atoms with Crippen molar-refractivity contribution < 1.29 is 13.2 Å². The number of benzene rings is 2. The number of piperazine rings is 1. The molecule has 1 heterocycles. The lowest BCUT2D eigenvalue weighted by Gasteiger charge is -2.33. The highest BCUT2D eigenvalue weighted by atomic mass is 35.5. The van der Waals surface area contributed by atoms with Gasteiger partial charge in [-0.25, -0.2) is 8.42 Å². The van der Waals surface area contributed by atoms with Crippen LogP contribution in [-0.4, -0.2) is 56.3 Å². The number of amides is 1. The summed E-state index contributed by atoms with van der Waals surface area (Å²) in [4.78, 5) is 14.3. The molecule has 3 rings (SSSR count). The molecule has 0 bridgehead atoms. The first kappa shape index (κ1) is 21.1. The standard InChI is InChI=1S/C19H21Cl2N3O3S/c20-17-7-6-16(14-18(17)21)28(26,27)24-12-10-23(11-13-24)9-8-19(25)22-15-4-2-1-3-5-15/h1-7,14H,8-13H2,(H,22,25).